The largest absolute Gasteiger partial charge is 0.480 e. The van der Waals surface area contributed by atoms with E-state index in [-0.39, 0.29) is 25.2 Å². The van der Waals surface area contributed by atoms with Crippen molar-refractivity contribution in [2.45, 2.75) is 64.0 Å². The summed E-state index contributed by atoms with van der Waals surface area (Å²) in [6.45, 7) is 2.14. The summed E-state index contributed by atoms with van der Waals surface area (Å²) in [6, 6.07) is -1.08. The molecule has 1 aliphatic rings. The molecule has 1 rings (SSSR count). The van der Waals surface area contributed by atoms with Crippen LogP contribution in [-0.4, -0.2) is 52.3 Å². The van der Waals surface area contributed by atoms with E-state index in [2.05, 4.69) is 5.32 Å². The topological polar surface area (TPSA) is 89.9 Å². The van der Waals surface area contributed by atoms with Crippen LogP contribution in [0.25, 0.3) is 0 Å². The van der Waals surface area contributed by atoms with Gasteiger partial charge in [-0.3, -0.25) is 0 Å². The van der Waals surface area contributed by atoms with Crippen LogP contribution in [0, 0.1) is 0 Å². The number of unbranched alkanes of at least 4 members (excludes halogenated alkanes) is 1. The van der Waals surface area contributed by atoms with Crippen molar-refractivity contribution in [3.63, 3.8) is 0 Å². The summed E-state index contributed by atoms with van der Waals surface area (Å²) in [7, 11) is 0. The average molecular weight is 286 g/mol. The Bertz CT molecular complexity index is 316. The van der Waals surface area contributed by atoms with Crippen molar-refractivity contribution < 1.29 is 19.8 Å². The van der Waals surface area contributed by atoms with E-state index in [0.29, 0.717) is 6.42 Å². The zero-order valence-corrected chi connectivity index (χ0v) is 12.2. The number of carboxylic acids is 1. The first-order valence-electron chi connectivity index (χ1n) is 7.51. The molecule has 6 nitrogen and oxygen atoms in total. The molecule has 2 amide bonds. The lowest BCUT2D eigenvalue weighted by Crippen LogP contribution is -2.51. The predicted octanol–water partition coefficient (Wildman–Crippen LogP) is 1.58. The van der Waals surface area contributed by atoms with Crippen LogP contribution in [0.2, 0.25) is 0 Å². The summed E-state index contributed by atoms with van der Waals surface area (Å²) in [5, 5.41) is 20.8. The van der Waals surface area contributed by atoms with Crippen molar-refractivity contribution in [2.75, 3.05) is 13.2 Å². The Morgan fingerprint density at radius 3 is 2.50 bits per heavy atom. The third-order valence-corrected chi connectivity index (χ3v) is 3.81. The Balaban J connectivity index is 2.60. The number of carbonyl (C=O) groups is 2. The van der Waals surface area contributed by atoms with E-state index < -0.39 is 12.0 Å². The van der Waals surface area contributed by atoms with Gasteiger partial charge in [-0.15, -0.1) is 0 Å². The van der Waals surface area contributed by atoms with Crippen molar-refractivity contribution in [2.24, 2.45) is 0 Å². The second-order valence-corrected chi connectivity index (χ2v) is 5.34. The fraction of sp³-hybridized carbons (Fsp3) is 0.857. The minimum atomic E-state index is -0.998. The number of carbonyl (C=O) groups excluding carboxylic acids is 1. The molecule has 0 bridgehead atoms. The van der Waals surface area contributed by atoms with Gasteiger partial charge < -0.3 is 20.4 Å². The molecule has 0 heterocycles. The Morgan fingerprint density at radius 1 is 1.35 bits per heavy atom. The van der Waals surface area contributed by atoms with Gasteiger partial charge in [0.25, 0.3) is 0 Å². The maximum absolute atomic E-state index is 12.2. The molecule has 3 N–H and O–H groups in total. The molecular formula is C14H26N2O4. The first-order chi connectivity index (χ1) is 9.60. The zero-order chi connectivity index (χ0) is 15.0. The van der Waals surface area contributed by atoms with Gasteiger partial charge in [0, 0.05) is 12.6 Å². The Hall–Kier alpha value is -1.30. The number of carboxylic acid groups (broad SMARTS) is 1. The van der Waals surface area contributed by atoms with Crippen LogP contribution in [0.15, 0.2) is 0 Å². The zero-order valence-electron chi connectivity index (χ0n) is 12.2. The number of aliphatic hydroxyl groups is 1. The van der Waals surface area contributed by atoms with Crippen LogP contribution in [0.4, 0.5) is 4.79 Å². The quantitative estimate of drug-likeness (QED) is 0.632. The molecule has 1 saturated carbocycles. The molecular weight excluding hydrogens is 260 g/mol. The predicted molar refractivity (Wildman–Crippen MR) is 75.5 cm³/mol. The lowest BCUT2D eigenvalue weighted by molar-refractivity contribution is -0.139. The Kier molecular flexibility index (Phi) is 7.36. The number of nitrogens with one attached hydrogen (secondary N) is 1. The lowest BCUT2D eigenvalue weighted by atomic mass is 10.1. The SMILES string of the molecule is CCCC[C@H](NC(=O)N(CCO)C1CCCC1)C(=O)O. The standard InChI is InChI=1S/C14H26N2O4/c1-2-3-8-12(13(18)19)15-14(20)16(9-10-17)11-6-4-5-7-11/h11-12,17H,2-10H2,1H3,(H,15,20)(H,18,19)/t12-/m0/s1. The van der Waals surface area contributed by atoms with Gasteiger partial charge in [-0.05, 0) is 19.3 Å². The van der Waals surface area contributed by atoms with Gasteiger partial charge in [0.1, 0.15) is 6.04 Å². The molecule has 116 valence electrons. The van der Waals surface area contributed by atoms with Crippen LogP contribution >= 0.6 is 0 Å². The number of rotatable bonds is 8. The van der Waals surface area contributed by atoms with Crippen molar-refractivity contribution in [3.8, 4) is 0 Å². The number of hydrogen-bond donors (Lipinski definition) is 3. The molecule has 0 unspecified atom stereocenters. The van der Waals surface area contributed by atoms with Crippen molar-refractivity contribution in [1.29, 1.82) is 0 Å². The number of nitrogens with zero attached hydrogens (tertiary/aromatic N) is 1. The molecule has 0 aromatic heterocycles. The smallest absolute Gasteiger partial charge is 0.326 e. The third kappa shape index (κ3) is 5.00. The third-order valence-electron chi connectivity index (χ3n) is 3.81. The molecule has 1 atom stereocenters. The summed E-state index contributed by atoms with van der Waals surface area (Å²) in [5.41, 5.74) is 0. The van der Waals surface area contributed by atoms with Gasteiger partial charge in [0.15, 0.2) is 0 Å². The second-order valence-electron chi connectivity index (χ2n) is 5.34. The highest BCUT2D eigenvalue weighted by atomic mass is 16.4. The van der Waals surface area contributed by atoms with Gasteiger partial charge in [-0.1, -0.05) is 32.6 Å². The van der Waals surface area contributed by atoms with Gasteiger partial charge in [-0.25, -0.2) is 9.59 Å². The monoisotopic (exact) mass is 286 g/mol. The minimum Gasteiger partial charge on any atom is -0.480 e. The molecule has 1 fully saturated rings. The first-order valence-corrected chi connectivity index (χ1v) is 7.51. The lowest BCUT2D eigenvalue weighted by Gasteiger charge is -2.29. The molecule has 6 heteroatoms. The van der Waals surface area contributed by atoms with E-state index in [1.807, 2.05) is 6.92 Å². The first kappa shape index (κ1) is 16.8. The van der Waals surface area contributed by atoms with Crippen LogP contribution in [0.3, 0.4) is 0 Å². The number of amides is 2. The maximum atomic E-state index is 12.2. The highest BCUT2D eigenvalue weighted by Gasteiger charge is 2.29. The summed E-state index contributed by atoms with van der Waals surface area (Å²) in [6.07, 6.45) is 6.12. The van der Waals surface area contributed by atoms with Crippen LogP contribution in [-0.2, 0) is 4.79 Å². The van der Waals surface area contributed by atoms with E-state index >= 15 is 0 Å². The second kappa shape index (κ2) is 8.79. The number of aliphatic carboxylic acids is 1. The van der Waals surface area contributed by atoms with Crippen LogP contribution in [0.1, 0.15) is 51.9 Å². The van der Waals surface area contributed by atoms with E-state index in [1.54, 1.807) is 4.90 Å². The molecule has 0 radical (unpaired) electrons. The van der Waals surface area contributed by atoms with Gasteiger partial charge in [0.2, 0.25) is 0 Å². The van der Waals surface area contributed by atoms with Crippen molar-refractivity contribution >= 4 is 12.0 Å². The van der Waals surface area contributed by atoms with Gasteiger partial charge >= 0.3 is 12.0 Å². The number of aliphatic hydroxyl groups excluding tert-OH is 1. The minimum absolute atomic E-state index is 0.101. The molecule has 0 spiro atoms. The highest BCUT2D eigenvalue weighted by Crippen LogP contribution is 2.23. The molecule has 20 heavy (non-hydrogen) atoms. The average Bonchev–Trinajstić information content (AvgIpc) is 2.93. The van der Waals surface area contributed by atoms with Gasteiger partial charge in [-0.2, -0.15) is 0 Å². The maximum Gasteiger partial charge on any atom is 0.326 e. The summed E-state index contributed by atoms with van der Waals surface area (Å²) < 4.78 is 0. The number of urea groups is 1. The number of hydrogen-bond acceptors (Lipinski definition) is 3. The molecule has 0 saturated heterocycles. The fourth-order valence-electron chi connectivity index (χ4n) is 2.67. The molecule has 0 aromatic rings. The summed E-state index contributed by atoms with van der Waals surface area (Å²) >= 11 is 0. The Morgan fingerprint density at radius 2 is 2.00 bits per heavy atom. The molecule has 0 aliphatic heterocycles. The van der Waals surface area contributed by atoms with Crippen LogP contribution < -0.4 is 5.32 Å². The molecule has 0 aromatic carbocycles. The molecule has 1 aliphatic carbocycles. The van der Waals surface area contributed by atoms with E-state index in [1.165, 1.54) is 0 Å². The van der Waals surface area contributed by atoms with Crippen molar-refractivity contribution in [1.82, 2.24) is 10.2 Å². The van der Waals surface area contributed by atoms with E-state index in [0.717, 1.165) is 38.5 Å². The Labute approximate surface area is 120 Å². The van der Waals surface area contributed by atoms with Gasteiger partial charge in [0.05, 0.1) is 6.61 Å². The fourth-order valence-corrected chi connectivity index (χ4v) is 2.67. The summed E-state index contributed by atoms with van der Waals surface area (Å²) in [5.74, 6) is -0.998. The summed E-state index contributed by atoms with van der Waals surface area (Å²) in [4.78, 5) is 25.0. The normalized spacial score (nSPS) is 16.9. The van der Waals surface area contributed by atoms with E-state index in [9.17, 15) is 9.59 Å². The van der Waals surface area contributed by atoms with Crippen LogP contribution in [0.5, 0.6) is 0 Å². The highest BCUT2D eigenvalue weighted by molar-refractivity contribution is 5.82. The van der Waals surface area contributed by atoms with E-state index in [4.69, 9.17) is 10.2 Å². The van der Waals surface area contributed by atoms with Crippen molar-refractivity contribution in [3.05, 3.63) is 0 Å².